The summed E-state index contributed by atoms with van der Waals surface area (Å²) in [6.07, 6.45) is 0. The van der Waals surface area contributed by atoms with Crippen molar-refractivity contribution >= 4 is 66.7 Å². The average molecular weight is 871 g/mol. The van der Waals surface area contributed by atoms with Gasteiger partial charge in [-0.3, -0.25) is 0 Å². The maximum atomic E-state index is 14.0. The maximum Gasteiger partial charge on any atom is 0.170 e. The monoisotopic (exact) mass is 868 g/mol. The summed E-state index contributed by atoms with van der Waals surface area (Å²) in [6, 6.07) is 28.1. The number of benzene rings is 6. The Bertz CT molecular complexity index is 2320. The van der Waals surface area contributed by atoms with Crippen molar-refractivity contribution in [3.8, 4) is 56.0 Å². The van der Waals surface area contributed by atoms with Crippen LogP contribution in [0.2, 0.25) is 10.0 Å². The van der Waals surface area contributed by atoms with Gasteiger partial charge >= 0.3 is 0 Å². The number of aromatic hydroxyl groups is 2. The number of oxime groups is 2. The van der Waals surface area contributed by atoms with E-state index in [0.29, 0.717) is 58.5 Å². The largest absolute Gasteiger partial charge is 0.508 e. The van der Waals surface area contributed by atoms with E-state index in [4.69, 9.17) is 34.7 Å². The molecule has 0 aliphatic heterocycles. The topological polar surface area (TPSA) is 158 Å². The number of hydrogen-bond donors (Lipinski definition) is 6. The number of halogens is 6. The molecule has 8 N–H and O–H groups in total. The molecule has 52 heavy (non-hydrogen) atoms. The molecule has 6 rings (SSSR count). The van der Waals surface area contributed by atoms with Crippen molar-refractivity contribution in [3.63, 3.8) is 0 Å². The minimum atomic E-state index is -0.502. The van der Waals surface area contributed by atoms with Crippen molar-refractivity contribution in [2.24, 2.45) is 21.8 Å². The number of rotatable bonds is 6. The second kappa shape index (κ2) is 16.5. The lowest BCUT2D eigenvalue weighted by Crippen LogP contribution is -2.15. The van der Waals surface area contributed by atoms with E-state index in [1.54, 1.807) is 54.6 Å². The standard InChI is InChI=1S/2C19H13BrClFN2O2/c20-11-7-14(10-1-4-13(25)5-2-10)18(16(8-11)19(23)24-26)15-9-12(22)3-6-17(15)21;20-12-7-16(10-1-3-15(25)4-2-10)18(17(8-12)19(23)24-26)11-5-13(21)9-14(22)6-11/h2*1-9,25-26H,(H2,23,24). The molecule has 0 aliphatic carbocycles. The Hall–Kier alpha value is -5.14. The Morgan fingerprint density at radius 3 is 1.50 bits per heavy atom. The van der Waals surface area contributed by atoms with Crippen molar-refractivity contribution in [1.82, 2.24) is 0 Å². The first-order valence-electron chi connectivity index (χ1n) is 14.9. The fraction of sp³-hybridized carbons (Fsp3) is 0. The smallest absolute Gasteiger partial charge is 0.170 e. The predicted octanol–water partition coefficient (Wildman–Crippen LogP) is 10.8. The minimum absolute atomic E-state index is 0.116. The molecule has 14 heteroatoms. The normalized spacial score (nSPS) is 11.6. The number of phenols is 2. The molecule has 0 atom stereocenters. The van der Waals surface area contributed by atoms with E-state index >= 15 is 0 Å². The summed E-state index contributed by atoms with van der Waals surface area (Å²) in [5.41, 5.74) is 17.3. The summed E-state index contributed by atoms with van der Waals surface area (Å²) in [5.74, 6) is -0.989. The van der Waals surface area contributed by atoms with E-state index in [0.717, 1.165) is 11.1 Å². The van der Waals surface area contributed by atoms with Crippen LogP contribution in [-0.2, 0) is 0 Å². The van der Waals surface area contributed by atoms with Gasteiger partial charge in [-0.1, -0.05) is 89.6 Å². The second-order valence-corrected chi connectivity index (χ2v) is 13.8. The number of phenolic OH excluding ortho intramolecular Hbond substituents is 2. The second-order valence-electron chi connectivity index (χ2n) is 11.1. The minimum Gasteiger partial charge on any atom is -0.508 e. The lowest BCUT2D eigenvalue weighted by atomic mass is 9.90. The Kier molecular flexibility index (Phi) is 12.1. The van der Waals surface area contributed by atoms with E-state index < -0.39 is 11.6 Å². The summed E-state index contributed by atoms with van der Waals surface area (Å²) in [4.78, 5) is 0. The molecule has 0 fully saturated rings. The molecular formula is C38H26Br2Cl2F2N4O4. The number of nitrogens with two attached hydrogens (primary N) is 2. The van der Waals surface area contributed by atoms with Gasteiger partial charge in [0, 0.05) is 46.8 Å². The van der Waals surface area contributed by atoms with E-state index in [1.807, 2.05) is 12.1 Å². The zero-order chi connectivity index (χ0) is 37.7. The SMILES string of the molecule is NC(=NO)c1cc(Br)cc(-c2ccc(O)cc2)c1-c1cc(F)cc(Cl)c1.NC(=NO)c1cc(Br)cc(-c2ccc(O)cc2)c1-c1cc(F)ccc1Cl. The first-order chi connectivity index (χ1) is 24.8. The molecule has 0 saturated carbocycles. The van der Waals surface area contributed by atoms with Crippen molar-refractivity contribution in [2.45, 2.75) is 0 Å². The molecule has 0 spiro atoms. The van der Waals surface area contributed by atoms with Gasteiger partial charge in [0.05, 0.1) is 0 Å². The van der Waals surface area contributed by atoms with Crippen molar-refractivity contribution < 1.29 is 29.4 Å². The van der Waals surface area contributed by atoms with Crippen molar-refractivity contribution in [1.29, 1.82) is 0 Å². The summed E-state index contributed by atoms with van der Waals surface area (Å²) in [5, 5.41) is 44.2. The quantitative estimate of drug-likeness (QED) is 0.0423. The van der Waals surface area contributed by atoms with Crippen molar-refractivity contribution in [3.05, 3.63) is 151 Å². The molecule has 0 heterocycles. The average Bonchev–Trinajstić information content (AvgIpc) is 3.11. The van der Waals surface area contributed by atoms with Crippen LogP contribution in [0.3, 0.4) is 0 Å². The Balaban J connectivity index is 0.000000201. The summed E-state index contributed by atoms with van der Waals surface area (Å²) in [7, 11) is 0. The first-order valence-corrected chi connectivity index (χ1v) is 17.3. The van der Waals surface area contributed by atoms with Gasteiger partial charge in [-0.2, -0.15) is 0 Å². The number of amidine groups is 2. The van der Waals surface area contributed by atoms with Crippen LogP contribution in [0.4, 0.5) is 8.78 Å². The molecule has 8 nitrogen and oxygen atoms in total. The molecule has 6 aromatic carbocycles. The van der Waals surface area contributed by atoms with E-state index in [9.17, 15) is 29.4 Å². The molecule has 264 valence electrons. The van der Waals surface area contributed by atoms with E-state index in [1.165, 1.54) is 42.5 Å². The fourth-order valence-corrected chi connectivity index (χ4v) is 6.80. The molecule has 0 radical (unpaired) electrons. The highest BCUT2D eigenvalue weighted by Crippen LogP contribution is 2.42. The molecule has 6 aromatic rings. The third-order valence-corrected chi connectivity index (χ3v) is 9.14. The van der Waals surface area contributed by atoms with Gasteiger partial charge in [0.25, 0.3) is 0 Å². The first kappa shape index (κ1) is 38.1. The van der Waals surface area contributed by atoms with Gasteiger partial charge in [0.2, 0.25) is 0 Å². The fourth-order valence-electron chi connectivity index (χ4n) is 5.45. The third kappa shape index (κ3) is 8.65. The Labute approximate surface area is 323 Å². The van der Waals surface area contributed by atoms with Crippen LogP contribution in [0.1, 0.15) is 11.1 Å². The van der Waals surface area contributed by atoms with Gasteiger partial charge in [-0.15, -0.1) is 0 Å². The highest BCUT2D eigenvalue weighted by molar-refractivity contribution is 9.10. The van der Waals surface area contributed by atoms with Crippen LogP contribution < -0.4 is 11.5 Å². The molecule has 0 aromatic heterocycles. The number of nitrogens with zero attached hydrogens (tertiary/aromatic N) is 2. The Morgan fingerprint density at radius 1 is 0.538 bits per heavy atom. The van der Waals surface area contributed by atoms with Gasteiger partial charge in [0.1, 0.15) is 23.1 Å². The highest BCUT2D eigenvalue weighted by Gasteiger charge is 2.21. The molecule has 0 aliphatic rings. The molecule has 0 amide bonds. The van der Waals surface area contributed by atoms with Gasteiger partial charge in [0.15, 0.2) is 11.7 Å². The van der Waals surface area contributed by atoms with Crippen molar-refractivity contribution in [2.75, 3.05) is 0 Å². The summed E-state index contributed by atoms with van der Waals surface area (Å²) in [6.45, 7) is 0. The third-order valence-electron chi connectivity index (χ3n) is 7.68. The summed E-state index contributed by atoms with van der Waals surface area (Å²) >= 11 is 19.2. The zero-order valence-electron chi connectivity index (χ0n) is 26.5. The van der Waals surface area contributed by atoms with Gasteiger partial charge in [-0.25, -0.2) is 8.78 Å². The molecule has 0 bridgehead atoms. The molecule has 0 unspecified atom stereocenters. The van der Waals surface area contributed by atoms with Crippen LogP contribution in [-0.4, -0.2) is 32.3 Å². The molecular weight excluding hydrogens is 845 g/mol. The molecule has 0 saturated heterocycles. The van der Waals surface area contributed by atoms with E-state index in [-0.39, 0.29) is 28.2 Å². The summed E-state index contributed by atoms with van der Waals surface area (Å²) < 4.78 is 29.2. The zero-order valence-corrected chi connectivity index (χ0v) is 31.2. The van der Waals surface area contributed by atoms with Crippen LogP contribution in [0.15, 0.2) is 128 Å². The van der Waals surface area contributed by atoms with Crippen LogP contribution in [0.5, 0.6) is 11.5 Å². The van der Waals surface area contributed by atoms with Gasteiger partial charge in [-0.05, 0) is 113 Å². The van der Waals surface area contributed by atoms with E-state index in [2.05, 4.69) is 42.2 Å². The van der Waals surface area contributed by atoms with Gasteiger partial charge < -0.3 is 32.1 Å². The lowest BCUT2D eigenvalue weighted by Gasteiger charge is -2.17. The van der Waals surface area contributed by atoms with Crippen LogP contribution >= 0.6 is 55.1 Å². The number of hydrogen-bond acceptors (Lipinski definition) is 6. The van der Waals surface area contributed by atoms with Crippen LogP contribution in [0.25, 0.3) is 44.5 Å². The highest BCUT2D eigenvalue weighted by atomic mass is 79.9. The predicted molar refractivity (Wildman–Crippen MR) is 208 cm³/mol. The Morgan fingerprint density at radius 2 is 1.02 bits per heavy atom. The lowest BCUT2D eigenvalue weighted by molar-refractivity contribution is 0.318. The maximum absolute atomic E-state index is 14.0. The van der Waals surface area contributed by atoms with Crippen LogP contribution in [0, 0.1) is 11.6 Å².